The summed E-state index contributed by atoms with van der Waals surface area (Å²) in [5.74, 6) is -1.08. The molecule has 372 valence electrons. The fraction of sp³-hybridized carbons (Fsp3) is 0.912. The van der Waals surface area contributed by atoms with E-state index < -0.39 is 18.2 Å². The van der Waals surface area contributed by atoms with Crippen LogP contribution in [0, 0.1) is 0 Å². The summed E-state index contributed by atoms with van der Waals surface area (Å²) in [6.07, 6.45) is 57.1. The number of esters is 3. The van der Waals surface area contributed by atoms with Crippen LogP contribution in [0.5, 0.6) is 0 Å². The summed E-state index contributed by atoms with van der Waals surface area (Å²) in [6.45, 7) is 8.58. The zero-order chi connectivity index (χ0) is 45.9. The van der Waals surface area contributed by atoms with E-state index in [1.807, 2.05) is 0 Å². The number of carbonyl (C=O) groups is 3. The van der Waals surface area contributed by atoms with Crippen LogP contribution in [0.25, 0.3) is 0 Å². The molecule has 2 atom stereocenters. The fourth-order valence-electron chi connectivity index (χ4n) is 8.54. The Balaban J connectivity index is 4.40. The molecule has 0 radical (unpaired) electrons. The molecule has 0 saturated carbocycles. The van der Waals surface area contributed by atoms with E-state index in [1.165, 1.54) is 199 Å². The van der Waals surface area contributed by atoms with Crippen LogP contribution in [0.2, 0.25) is 0 Å². The van der Waals surface area contributed by atoms with Crippen LogP contribution < -0.4 is 0 Å². The first-order valence-corrected chi connectivity index (χ1v) is 28.1. The first-order valence-electron chi connectivity index (χ1n) is 28.1. The van der Waals surface area contributed by atoms with Crippen LogP contribution in [-0.4, -0.2) is 36.7 Å². The number of allylic oxidation sites excluding steroid dienone is 2. The van der Waals surface area contributed by atoms with E-state index in [4.69, 9.17) is 14.2 Å². The van der Waals surface area contributed by atoms with Crippen LogP contribution in [0.4, 0.5) is 0 Å². The highest BCUT2D eigenvalue weighted by Gasteiger charge is 2.26. The highest BCUT2D eigenvalue weighted by Crippen LogP contribution is 2.18. The van der Waals surface area contributed by atoms with E-state index in [0.717, 1.165) is 70.6 Å². The number of hydrogen-bond acceptors (Lipinski definition) is 6. The summed E-state index contributed by atoms with van der Waals surface area (Å²) < 4.78 is 16.9. The minimum atomic E-state index is -0.912. The third-order valence-corrected chi connectivity index (χ3v) is 12.8. The SMILES string of the molecule is CCCCCCCC/C=C/CCCCCCC(OC(=O)CCCCCCCCCCCCCCCCC)C(=O)OC(C)COC(=O)CCCCCCCCCCCCCCCCC. The van der Waals surface area contributed by atoms with Crippen molar-refractivity contribution in [1.82, 2.24) is 0 Å². The second-order valence-corrected chi connectivity index (χ2v) is 19.3. The van der Waals surface area contributed by atoms with Crippen LogP contribution in [0.3, 0.4) is 0 Å². The zero-order valence-corrected chi connectivity index (χ0v) is 42.8. The molecule has 0 rings (SSSR count). The van der Waals surface area contributed by atoms with Gasteiger partial charge in [0.05, 0.1) is 0 Å². The van der Waals surface area contributed by atoms with E-state index in [-0.39, 0.29) is 18.5 Å². The maximum absolute atomic E-state index is 13.3. The quantitative estimate of drug-likeness (QED) is 0.0262. The molecule has 0 saturated heterocycles. The Morgan fingerprint density at radius 1 is 0.365 bits per heavy atom. The molecule has 63 heavy (non-hydrogen) atoms. The molecule has 0 spiro atoms. The van der Waals surface area contributed by atoms with Gasteiger partial charge in [0, 0.05) is 12.8 Å². The molecule has 6 nitrogen and oxygen atoms in total. The molecule has 0 aliphatic carbocycles. The molecular weight excluding hydrogens is 781 g/mol. The van der Waals surface area contributed by atoms with Crippen molar-refractivity contribution in [3.05, 3.63) is 12.2 Å². The molecule has 0 N–H and O–H groups in total. The Hall–Kier alpha value is -1.85. The largest absolute Gasteiger partial charge is 0.462 e. The number of carbonyl (C=O) groups excluding carboxylic acids is 3. The Kier molecular flexibility index (Phi) is 49.6. The van der Waals surface area contributed by atoms with Gasteiger partial charge in [-0.2, -0.15) is 0 Å². The minimum absolute atomic E-state index is 0.0233. The molecule has 0 heterocycles. The summed E-state index contributed by atoms with van der Waals surface area (Å²) in [6, 6.07) is 0. The van der Waals surface area contributed by atoms with Crippen molar-refractivity contribution in [2.24, 2.45) is 0 Å². The molecule has 0 aromatic rings. The Morgan fingerprint density at radius 2 is 0.667 bits per heavy atom. The summed E-state index contributed by atoms with van der Waals surface area (Å²) >= 11 is 0. The standard InChI is InChI=1S/C57H108O6/c1-5-8-11-14-17-20-23-26-29-32-35-38-41-44-47-50-55(58)61-52-53(4)62-57(60)54(49-46-43-40-37-34-31-28-25-22-19-16-13-10-7-3)63-56(59)51-48-45-42-39-36-33-30-27-24-21-18-15-12-9-6-2/h28,31,53-54H,5-27,29-30,32-52H2,1-4H3/b31-28+. The lowest BCUT2D eigenvalue weighted by atomic mass is 10.0. The molecule has 0 aliphatic rings. The maximum Gasteiger partial charge on any atom is 0.347 e. The van der Waals surface area contributed by atoms with Crippen molar-refractivity contribution in [2.75, 3.05) is 6.61 Å². The Bertz CT molecular complexity index is 993. The number of unbranched alkanes of at least 4 members (excludes halogenated alkanes) is 38. The normalized spacial score (nSPS) is 12.5. The number of ether oxygens (including phenoxy) is 3. The minimum Gasteiger partial charge on any atom is -0.462 e. The van der Waals surface area contributed by atoms with Crippen LogP contribution in [-0.2, 0) is 28.6 Å². The predicted molar refractivity (Wildman–Crippen MR) is 270 cm³/mol. The van der Waals surface area contributed by atoms with E-state index in [1.54, 1.807) is 6.92 Å². The van der Waals surface area contributed by atoms with Crippen molar-refractivity contribution in [1.29, 1.82) is 0 Å². The lowest BCUT2D eigenvalue weighted by Gasteiger charge is -2.20. The average molecular weight is 889 g/mol. The average Bonchev–Trinajstić information content (AvgIpc) is 3.27. The second-order valence-electron chi connectivity index (χ2n) is 19.3. The molecule has 0 aliphatic heterocycles. The van der Waals surface area contributed by atoms with Crippen LogP contribution in [0.1, 0.15) is 317 Å². The van der Waals surface area contributed by atoms with Gasteiger partial charge in [-0.1, -0.05) is 258 Å². The van der Waals surface area contributed by atoms with Crippen molar-refractivity contribution < 1.29 is 28.6 Å². The van der Waals surface area contributed by atoms with E-state index in [9.17, 15) is 14.4 Å². The number of rotatable bonds is 51. The molecule has 2 unspecified atom stereocenters. The molecule has 0 fully saturated rings. The monoisotopic (exact) mass is 889 g/mol. The molecule has 0 aromatic heterocycles. The maximum atomic E-state index is 13.3. The van der Waals surface area contributed by atoms with Crippen molar-refractivity contribution >= 4 is 17.9 Å². The van der Waals surface area contributed by atoms with E-state index >= 15 is 0 Å². The van der Waals surface area contributed by atoms with Gasteiger partial charge in [-0.05, 0) is 58.3 Å². The molecular formula is C57H108O6. The summed E-state index contributed by atoms with van der Waals surface area (Å²) in [7, 11) is 0. The summed E-state index contributed by atoms with van der Waals surface area (Å²) in [4.78, 5) is 38.7. The van der Waals surface area contributed by atoms with Gasteiger partial charge in [0.25, 0.3) is 0 Å². The van der Waals surface area contributed by atoms with Crippen LogP contribution >= 0.6 is 0 Å². The first kappa shape index (κ1) is 61.1. The fourth-order valence-corrected chi connectivity index (χ4v) is 8.54. The number of hydrogen-bond donors (Lipinski definition) is 0. The van der Waals surface area contributed by atoms with Crippen molar-refractivity contribution in [3.8, 4) is 0 Å². The van der Waals surface area contributed by atoms with Gasteiger partial charge in [-0.15, -0.1) is 0 Å². The van der Waals surface area contributed by atoms with Gasteiger partial charge < -0.3 is 14.2 Å². The zero-order valence-electron chi connectivity index (χ0n) is 42.8. The van der Waals surface area contributed by atoms with Gasteiger partial charge in [0.15, 0.2) is 6.10 Å². The molecule has 6 heteroatoms. The Morgan fingerprint density at radius 3 is 1.03 bits per heavy atom. The predicted octanol–water partition coefficient (Wildman–Crippen LogP) is 18.5. The lowest BCUT2D eigenvalue weighted by Crippen LogP contribution is -2.33. The lowest BCUT2D eigenvalue weighted by molar-refractivity contribution is -0.174. The van der Waals surface area contributed by atoms with Crippen LogP contribution in [0.15, 0.2) is 12.2 Å². The van der Waals surface area contributed by atoms with Crippen molar-refractivity contribution in [3.63, 3.8) is 0 Å². The smallest absolute Gasteiger partial charge is 0.347 e. The molecule has 0 aromatic carbocycles. The summed E-state index contributed by atoms with van der Waals surface area (Å²) in [5, 5.41) is 0. The van der Waals surface area contributed by atoms with Gasteiger partial charge in [0.2, 0.25) is 0 Å². The second kappa shape index (κ2) is 51.1. The highest BCUT2D eigenvalue weighted by atomic mass is 16.6. The van der Waals surface area contributed by atoms with Gasteiger partial charge in [-0.3, -0.25) is 9.59 Å². The van der Waals surface area contributed by atoms with E-state index in [0.29, 0.717) is 19.3 Å². The van der Waals surface area contributed by atoms with E-state index in [2.05, 4.69) is 32.9 Å². The topological polar surface area (TPSA) is 78.9 Å². The van der Waals surface area contributed by atoms with Gasteiger partial charge >= 0.3 is 17.9 Å². The molecule has 0 bridgehead atoms. The highest BCUT2D eigenvalue weighted by molar-refractivity contribution is 5.79. The Labute approximate surface area is 392 Å². The van der Waals surface area contributed by atoms with Gasteiger partial charge in [0.1, 0.15) is 12.7 Å². The third-order valence-electron chi connectivity index (χ3n) is 12.8. The van der Waals surface area contributed by atoms with Gasteiger partial charge in [-0.25, -0.2) is 4.79 Å². The first-order chi connectivity index (χ1) is 30.9. The van der Waals surface area contributed by atoms with Crippen molar-refractivity contribution in [2.45, 2.75) is 329 Å². The molecule has 0 amide bonds. The summed E-state index contributed by atoms with van der Waals surface area (Å²) in [5.41, 5.74) is 0. The third kappa shape index (κ3) is 47.9.